The molecule has 0 spiro atoms. The maximum Gasteiger partial charge on any atom is 0.0237 e. The highest BCUT2D eigenvalue weighted by atomic mass is 15.3. The van der Waals surface area contributed by atoms with E-state index >= 15 is 0 Å². The van der Waals surface area contributed by atoms with Crippen LogP contribution in [-0.2, 0) is 6.54 Å². The van der Waals surface area contributed by atoms with Crippen molar-refractivity contribution in [3.8, 4) is 0 Å². The fourth-order valence-corrected chi connectivity index (χ4v) is 2.01. The summed E-state index contributed by atoms with van der Waals surface area (Å²) in [5.41, 5.74) is 1.43. The van der Waals surface area contributed by atoms with Crippen LogP contribution in [0.4, 0.5) is 0 Å². The molecule has 1 heterocycles. The Morgan fingerprint density at radius 2 is 2.13 bits per heavy atom. The molecule has 0 aromatic heterocycles. The van der Waals surface area contributed by atoms with Crippen LogP contribution in [0.2, 0.25) is 0 Å². The normalized spacial score (nSPS) is 23.7. The number of nitrogens with zero attached hydrogens (tertiary/aromatic N) is 1. The molecule has 0 aliphatic carbocycles. The van der Waals surface area contributed by atoms with E-state index in [1.54, 1.807) is 0 Å². The minimum absolute atomic E-state index is 0.838. The van der Waals surface area contributed by atoms with Crippen molar-refractivity contribution in [1.29, 1.82) is 0 Å². The highest BCUT2D eigenvalue weighted by Crippen LogP contribution is 2.25. The topological polar surface area (TPSA) is 3.01 Å². The van der Waals surface area contributed by atoms with Gasteiger partial charge < -0.3 is 0 Å². The first-order valence-corrected chi connectivity index (χ1v) is 5.79. The van der Waals surface area contributed by atoms with Gasteiger partial charge in [-0.25, -0.2) is 0 Å². The smallest absolute Gasteiger partial charge is 0.0237 e. The van der Waals surface area contributed by atoms with Crippen LogP contribution in [0.5, 0.6) is 0 Å². The zero-order valence-corrected chi connectivity index (χ0v) is 9.23. The molecule has 1 fully saturated rings. The van der Waals surface area contributed by atoms with Gasteiger partial charge in [0.05, 0.1) is 0 Å². The Bertz CT molecular complexity index is 304. The summed E-state index contributed by atoms with van der Waals surface area (Å²) in [5, 5.41) is 0. The lowest BCUT2D eigenvalue weighted by molar-refractivity contribution is 0.481. The first-order chi connectivity index (χ1) is 7.40. The molecule has 1 aliphatic rings. The van der Waals surface area contributed by atoms with E-state index < -0.39 is 0 Å². The van der Waals surface area contributed by atoms with Crippen molar-refractivity contribution >= 4 is 0 Å². The second-order valence-corrected chi connectivity index (χ2v) is 4.29. The van der Waals surface area contributed by atoms with Gasteiger partial charge >= 0.3 is 0 Å². The number of unbranched alkanes of at least 4 members (excludes halogenated alkanes) is 1. The van der Waals surface area contributed by atoms with Crippen molar-refractivity contribution in [3.05, 3.63) is 48.6 Å². The first-order valence-electron chi connectivity index (χ1n) is 5.79. The van der Waals surface area contributed by atoms with Gasteiger partial charge in [-0.2, -0.15) is 0 Å². The van der Waals surface area contributed by atoms with Crippen LogP contribution in [0.15, 0.2) is 43.0 Å². The summed E-state index contributed by atoms with van der Waals surface area (Å²) in [6, 6.07) is 11.6. The largest absolute Gasteiger partial charge is 0.293 e. The zero-order chi connectivity index (χ0) is 10.5. The molecule has 1 aliphatic heterocycles. The zero-order valence-electron chi connectivity index (χ0n) is 9.23. The van der Waals surface area contributed by atoms with Crippen LogP contribution >= 0.6 is 0 Å². The van der Waals surface area contributed by atoms with E-state index in [2.05, 4.69) is 41.8 Å². The monoisotopic (exact) mass is 201 g/mol. The third kappa shape index (κ3) is 3.21. The van der Waals surface area contributed by atoms with Crippen molar-refractivity contribution in [2.75, 3.05) is 6.54 Å². The van der Waals surface area contributed by atoms with E-state index in [1.165, 1.54) is 24.9 Å². The van der Waals surface area contributed by atoms with Crippen LogP contribution in [0.3, 0.4) is 0 Å². The molecular weight excluding hydrogens is 182 g/mol. The first kappa shape index (κ1) is 10.4. The maximum atomic E-state index is 3.75. The van der Waals surface area contributed by atoms with Crippen LogP contribution in [0.25, 0.3) is 0 Å². The average molecular weight is 201 g/mol. The van der Waals surface area contributed by atoms with E-state index in [1.807, 2.05) is 6.08 Å². The Hall–Kier alpha value is -1.08. The molecule has 80 valence electrons. The Morgan fingerprint density at radius 1 is 1.33 bits per heavy atom. The second kappa shape index (κ2) is 5.13. The quantitative estimate of drug-likeness (QED) is 0.388. The van der Waals surface area contributed by atoms with Crippen molar-refractivity contribution in [1.82, 2.24) is 4.90 Å². The summed E-state index contributed by atoms with van der Waals surface area (Å²) in [4.78, 5) is 2.54. The van der Waals surface area contributed by atoms with Gasteiger partial charge in [0, 0.05) is 19.1 Å². The Kier molecular flexibility index (Phi) is 3.57. The summed E-state index contributed by atoms with van der Waals surface area (Å²) in [7, 11) is 0. The van der Waals surface area contributed by atoms with Gasteiger partial charge in [-0.3, -0.25) is 4.90 Å². The Morgan fingerprint density at radius 3 is 2.87 bits per heavy atom. The summed E-state index contributed by atoms with van der Waals surface area (Å²) < 4.78 is 0. The lowest BCUT2D eigenvalue weighted by atomic mass is 10.2. The predicted octanol–water partition coefficient (Wildman–Crippen LogP) is 3.23. The SMILES string of the molecule is C=CCCCC1CN1Cc1ccccc1. The number of allylic oxidation sites excluding steroid dienone is 1. The molecule has 0 amide bonds. The van der Waals surface area contributed by atoms with E-state index in [9.17, 15) is 0 Å². The lowest BCUT2D eigenvalue weighted by Gasteiger charge is -2.03. The molecular formula is C14H19N. The van der Waals surface area contributed by atoms with Gasteiger partial charge in [0.1, 0.15) is 0 Å². The number of hydrogen-bond donors (Lipinski definition) is 0. The molecule has 15 heavy (non-hydrogen) atoms. The molecule has 1 saturated heterocycles. The van der Waals surface area contributed by atoms with Gasteiger partial charge in [0.15, 0.2) is 0 Å². The average Bonchev–Trinajstić information content (AvgIpc) is 2.99. The molecule has 2 rings (SSSR count). The summed E-state index contributed by atoms with van der Waals surface area (Å²) in [6.45, 7) is 6.16. The maximum absolute atomic E-state index is 3.75. The summed E-state index contributed by atoms with van der Waals surface area (Å²) >= 11 is 0. The molecule has 1 heteroatoms. The molecule has 0 N–H and O–H groups in total. The molecule has 2 atom stereocenters. The minimum atomic E-state index is 0.838. The Balaban J connectivity index is 1.69. The van der Waals surface area contributed by atoms with E-state index in [0.717, 1.165) is 19.0 Å². The third-order valence-corrected chi connectivity index (χ3v) is 3.00. The van der Waals surface area contributed by atoms with Gasteiger partial charge in [-0.1, -0.05) is 36.4 Å². The molecule has 0 saturated carbocycles. The van der Waals surface area contributed by atoms with Gasteiger partial charge in [0.2, 0.25) is 0 Å². The molecule has 1 nitrogen and oxygen atoms in total. The lowest BCUT2D eigenvalue weighted by Crippen LogP contribution is -2.01. The second-order valence-electron chi connectivity index (χ2n) is 4.29. The fraction of sp³-hybridized carbons (Fsp3) is 0.429. The highest BCUT2D eigenvalue weighted by molar-refractivity contribution is 5.15. The standard InChI is InChI=1S/C14H19N/c1-2-3-5-10-14-12-15(14)11-13-8-6-4-7-9-13/h2,4,6-9,14H,1,3,5,10-12H2. The number of benzene rings is 1. The molecule has 1 aromatic rings. The molecule has 0 bridgehead atoms. The van der Waals surface area contributed by atoms with Crippen LogP contribution in [-0.4, -0.2) is 17.5 Å². The van der Waals surface area contributed by atoms with Gasteiger partial charge in [-0.15, -0.1) is 6.58 Å². The Labute approximate surface area is 92.4 Å². The van der Waals surface area contributed by atoms with Crippen molar-refractivity contribution in [2.45, 2.75) is 31.8 Å². The minimum Gasteiger partial charge on any atom is -0.293 e. The predicted molar refractivity (Wildman–Crippen MR) is 64.7 cm³/mol. The number of hydrogen-bond acceptors (Lipinski definition) is 1. The van der Waals surface area contributed by atoms with Crippen LogP contribution in [0, 0.1) is 0 Å². The van der Waals surface area contributed by atoms with Gasteiger partial charge in [-0.05, 0) is 24.8 Å². The van der Waals surface area contributed by atoms with Crippen molar-refractivity contribution < 1.29 is 0 Å². The van der Waals surface area contributed by atoms with Gasteiger partial charge in [0.25, 0.3) is 0 Å². The summed E-state index contributed by atoms with van der Waals surface area (Å²) in [5.74, 6) is 0. The fourth-order valence-electron chi connectivity index (χ4n) is 2.01. The number of rotatable bonds is 6. The summed E-state index contributed by atoms with van der Waals surface area (Å²) in [6.07, 6.45) is 5.80. The van der Waals surface area contributed by atoms with E-state index in [-0.39, 0.29) is 0 Å². The van der Waals surface area contributed by atoms with E-state index in [4.69, 9.17) is 0 Å². The third-order valence-electron chi connectivity index (χ3n) is 3.00. The molecule has 1 aromatic carbocycles. The van der Waals surface area contributed by atoms with Crippen LogP contribution in [0.1, 0.15) is 24.8 Å². The van der Waals surface area contributed by atoms with Crippen molar-refractivity contribution in [3.63, 3.8) is 0 Å². The molecule has 2 unspecified atom stereocenters. The van der Waals surface area contributed by atoms with E-state index in [0.29, 0.717) is 0 Å². The van der Waals surface area contributed by atoms with Crippen molar-refractivity contribution in [2.24, 2.45) is 0 Å². The van der Waals surface area contributed by atoms with Crippen LogP contribution < -0.4 is 0 Å². The molecule has 0 radical (unpaired) electrons. The highest BCUT2D eigenvalue weighted by Gasteiger charge is 2.32.